The fourth-order valence-corrected chi connectivity index (χ4v) is 3.38. The second-order valence-electron chi connectivity index (χ2n) is 6.05. The zero-order valence-corrected chi connectivity index (χ0v) is 15.0. The summed E-state index contributed by atoms with van der Waals surface area (Å²) in [6.07, 6.45) is -3.58. The molecule has 0 aliphatic carbocycles. The maximum absolute atomic E-state index is 12.6. The normalized spacial score (nSPS) is 15.4. The van der Waals surface area contributed by atoms with Crippen LogP contribution in [-0.4, -0.2) is 29.9 Å². The van der Waals surface area contributed by atoms with Crippen molar-refractivity contribution in [3.05, 3.63) is 71.3 Å². The van der Waals surface area contributed by atoms with Gasteiger partial charge in [-0.1, -0.05) is 54.2 Å². The molecule has 0 atom stereocenters. The minimum Gasteiger partial charge on any atom is -0.352 e. The lowest BCUT2D eigenvalue weighted by atomic mass is 10.1. The first kappa shape index (κ1) is 18.8. The van der Waals surface area contributed by atoms with E-state index in [1.54, 1.807) is 23.9 Å². The van der Waals surface area contributed by atoms with E-state index >= 15 is 0 Å². The summed E-state index contributed by atoms with van der Waals surface area (Å²) >= 11 is 1.68. The Balaban J connectivity index is 1.43. The summed E-state index contributed by atoms with van der Waals surface area (Å²) in [5.74, 6) is 0.873. The van der Waals surface area contributed by atoms with Gasteiger partial charge in [-0.3, -0.25) is 4.90 Å². The molecule has 0 unspecified atom stereocenters. The molecular formula is C19H20F3N3S. The van der Waals surface area contributed by atoms with Crippen molar-refractivity contribution in [1.82, 2.24) is 10.2 Å². The number of alkyl halides is 3. The van der Waals surface area contributed by atoms with Gasteiger partial charge in [0.2, 0.25) is 0 Å². The van der Waals surface area contributed by atoms with Gasteiger partial charge in [-0.05, 0) is 29.7 Å². The van der Waals surface area contributed by atoms with Gasteiger partial charge in [0, 0.05) is 12.3 Å². The lowest BCUT2D eigenvalue weighted by molar-refractivity contribution is -0.137. The Bertz CT molecular complexity index is 730. The topological polar surface area (TPSA) is 27.6 Å². The smallest absolute Gasteiger partial charge is 0.352 e. The highest BCUT2D eigenvalue weighted by Gasteiger charge is 2.29. The number of halogens is 3. The molecule has 1 aliphatic heterocycles. The SMILES string of the molecule is FC(F)(F)c1ccc(CCN2CN=C(SCc3ccccc3)NC2)cc1. The number of nitrogens with zero attached hydrogens (tertiary/aromatic N) is 2. The molecule has 0 bridgehead atoms. The van der Waals surface area contributed by atoms with Crippen molar-refractivity contribution in [1.29, 1.82) is 0 Å². The Morgan fingerprint density at radius 2 is 1.73 bits per heavy atom. The third-order valence-electron chi connectivity index (χ3n) is 4.08. The summed E-state index contributed by atoms with van der Waals surface area (Å²) in [4.78, 5) is 6.66. The van der Waals surface area contributed by atoms with E-state index in [1.165, 1.54) is 5.56 Å². The van der Waals surface area contributed by atoms with Crippen LogP contribution in [-0.2, 0) is 18.3 Å². The quantitative estimate of drug-likeness (QED) is 0.837. The van der Waals surface area contributed by atoms with Crippen LogP contribution in [0.3, 0.4) is 0 Å². The van der Waals surface area contributed by atoms with Crippen LogP contribution in [0.4, 0.5) is 13.2 Å². The molecule has 1 aliphatic rings. The standard InChI is InChI=1S/C19H20F3N3S/c20-19(21,22)17-8-6-15(7-9-17)10-11-25-13-23-18(24-14-25)26-12-16-4-2-1-3-5-16/h1-9H,10-14H2,(H,23,24). The van der Waals surface area contributed by atoms with Gasteiger partial charge in [0.1, 0.15) is 0 Å². The van der Waals surface area contributed by atoms with Gasteiger partial charge in [-0.25, -0.2) is 4.99 Å². The molecule has 2 aromatic rings. The summed E-state index contributed by atoms with van der Waals surface area (Å²) in [5.41, 5.74) is 1.54. The van der Waals surface area contributed by atoms with E-state index < -0.39 is 11.7 Å². The molecule has 2 aromatic carbocycles. The zero-order chi connectivity index (χ0) is 18.4. The Morgan fingerprint density at radius 1 is 1.00 bits per heavy atom. The molecule has 0 radical (unpaired) electrons. The van der Waals surface area contributed by atoms with Crippen molar-refractivity contribution in [2.24, 2.45) is 4.99 Å². The predicted octanol–water partition coefficient (Wildman–Crippen LogP) is 4.36. The summed E-state index contributed by atoms with van der Waals surface area (Å²) in [7, 11) is 0. The van der Waals surface area contributed by atoms with Crippen molar-refractivity contribution in [2.75, 3.05) is 19.9 Å². The minimum atomic E-state index is -4.28. The highest BCUT2D eigenvalue weighted by Crippen LogP contribution is 2.29. The Kier molecular flexibility index (Phi) is 6.21. The second-order valence-corrected chi connectivity index (χ2v) is 7.02. The fraction of sp³-hybridized carbons (Fsp3) is 0.316. The van der Waals surface area contributed by atoms with Crippen molar-refractivity contribution < 1.29 is 13.2 Å². The molecule has 1 heterocycles. The van der Waals surface area contributed by atoms with Crippen molar-refractivity contribution >= 4 is 16.9 Å². The monoisotopic (exact) mass is 379 g/mol. The van der Waals surface area contributed by atoms with Gasteiger partial charge in [-0.15, -0.1) is 0 Å². The highest BCUT2D eigenvalue weighted by molar-refractivity contribution is 8.13. The first-order valence-corrected chi connectivity index (χ1v) is 9.33. The van der Waals surface area contributed by atoms with Crippen molar-refractivity contribution in [3.63, 3.8) is 0 Å². The third kappa shape index (κ3) is 5.51. The number of rotatable bonds is 5. The predicted molar refractivity (Wildman–Crippen MR) is 99.9 cm³/mol. The molecule has 3 nitrogen and oxygen atoms in total. The molecule has 0 saturated heterocycles. The summed E-state index contributed by atoms with van der Waals surface area (Å²) in [5, 5.41) is 4.23. The van der Waals surface area contributed by atoms with E-state index in [4.69, 9.17) is 0 Å². The first-order valence-electron chi connectivity index (χ1n) is 8.34. The fourth-order valence-electron chi connectivity index (χ4n) is 2.57. The summed E-state index contributed by atoms with van der Waals surface area (Å²) in [6, 6.07) is 15.6. The van der Waals surface area contributed by atoms with Crippen LogP contribution in [0.15, 0.2) is 59.6 Å². The molecule has 7 heteroatoms. The van der Waals surface area contributed by atoms with Crippen LogP contribution in [0.25, 0.3) is 0 Å². The lowest BCUT2D eigenvalue weighted by Gasteiger charge is -2.26. The van der Waals surface area contributed by atoms with Crippen LogP contribution >= 0.6 is 11.8 Å². The van der Waals surface area contributed by atoms with Crippen molar-refractivity contribution in [2.45, 2.75) is 18.3 Å². The molecule has 26 heavy (non-hydrogen) atoms. The number of aliphatic imine (C=N–C) groups is 1. The molecule has 0 aromatic heterocycles. The number of nitrogens with one attached hydrogen (secondary N) is 1. The van der Waals surface area contributed by atoms with Crippen LogP contribution in [0.1, 0.15) is 16.7 Å². The van der Waals surface area contributed by atoms with Gasteiger partial charge >= 0.3 is 6.18 Å². The average Bonchev–Trinajstić information content (AvgIpc) is 2.66. The maximum Gasteiger partial charge on any atom is 0.416 e. The lowest BCUT2D eigenvalue weighted by Crippen LogP contribution is -2.42. The van der Waals surface area contributed by atoms with Gasteiger partial charge in [0.15, 0.2) is 5.17 Å². The molecule has 0 saturated carbocycles. The van der Waals surface area contributed by atoms with E-state index in [9.17, 15) is 13.2 Å². The van der Waals surface area contributed by atoms with Crippen LogP contribution in [0.2, 0.25) is 0 Å². The highest BCUT2D eigenvalue weighted by atomic mass is 32.2. The summed E-state index contributed by atoms with van der Waals surface area (Å²) < 4.78 is 37.7. The van der Waals surface area contributed by atoms with E-state index in [0.29, 0.717) is 19.8 Å². The Morgan fingerprint density at radius 3 is 2.35 bits per heavy atom. The Hall–Kier alpha value is -1.99. The molecule has 0 amide bonds. The molecule has 1 N–H and O–H groups in total. The van der Waals surface area contributed by atoms with Gasteiger partial charge in [0.05, 0.1) is 18.9 Å². The molecule has 0 spiro atoms. The van der Waals surface area contributed by atoms with Crippen molar-refractivity contribution in [3.8, 4) is 0 Å². The Labute approximate surface area is 155 Å². The third-order valence-corrected chi connectivity index (χ3v) is 5.11. The number of hydrogen-bond acceptors (Lipinski definition) is 4. The molecule has 138 valence electrons. The van der Waals surface area contributed by atoms with E-state index in [2.05, 4.69) is 27.3 Å². The summed E-state index contributed by atoms with van der Waals surface area (Å²) in [6.45, 7) is 2.05. The second kappa shape index (κ2) is 8.60. The van der Waals surface area contributed by atoms with Crippen LogP contribution in [0.5, 0.6) is 0 Å². The van der Waals surface area contributed by atoms with E-state index in [0.717, 1.165) is 35.2 Å². The molecule has 0 fully saturated rings. The first-order chi connectivity index (χ1) is 12.5. The zero-order valence-electron chi connectivity index (χ0n) is 14.2. The van der Waals surface area contributed by atoms with Crippen LogP contribution < -0.4 is 5.32 Å². The average molecular weight is 379 g/mol. The van der Waals surface area contributed by atoms with Gasteiger partial charge in [0.25, 0.3) is 0 Å². The largest absolute Gasteiger partial charge is 0.416 e. The number of amidine groups is 1. The van der Waals surface area contributed by atoms with E-state index in [-0.39, 0.29) is 0 Å². The molecular weight excluding hydrogens is 359 g/mol. The van der Waals surface area contributed by atoms with E-state index in [1.807, 2.05) is 18.2 Å². The maximum atomic E-state index is 12.6. The number of thioether (sulfide) groups is 1. The number of hydrogen-bond donors (Lipinski definition) is 1. The minimum absolute atomic E-state index is 0.602. The number of benzene rings is 2. The molecule has 3 rings (SSSR count). The van der Waals surface area contributed by atoms with Crippen LogP contribution in [0, 0.1) is 0 Å². The van der Waals surface area contributed by atoms with Gasteiger partial charge < -0.3 is 5.32 Å². The van der Waals surface area contributed by atoms with Gasteiger partial charge in [-0.2, -0.15) is 13.2 Å².